The van der Waals surface area contributed by atoms with E-state index in [1.807, 2.05) is 0 Å². The summed E-state index contributed by atoms with van der Waals surface area (Å²) in [6.45, 7) is 0.412. The Hall–Kier alpha value is -2.39. The van der Waals surface area contributed by atoms with Gasteiger partial charge in [0.25, 0.3) is 0 Å². The normalized spacial score (nSPS) is 16.2. The van der Waals surface area contributed by atoms with Crippen molar-refractivity contribution in [3.63, 3.8) is 0 Å². The Bertz CT molecular complexity index is 1030. The van der Waals surface area contributed by atoms with Crippen LogP contribution in [-0.2, 0) is 24.7 Å². The summed E-state index contributed by atoms with van der Waals surface area (Å²) in [5, 5.41) is 2.63. The molecule has 1 saturated heterocycles. The van der Waals surface area contributed by atoms with E-state index in [0.29, 0.717) is 24.3 Å². The molecule has 1 aliphatic heterocycles. The minimum Gasteiger partial charge on any atom is -0.326 e. The number of carbonyl (C=O) groups is 1. The van der Waals surface area contributed by atoms with Gasteiger partial charge in [-0.05, 0) is 36.8 Å². The molecule has 2 aromatic rings. The summed E-state index contributed by atoms with van der Waals surface area (Å²) in [6, 6.07) is 14.5. The van der Waals surface area contributed by atoms with Gasteiger partial charge in [-0.15, -0.1) is 0 Å². The van der Waals surface area contributed by atoms with Crippen molar-refractivity contribution in [1.29, 1.82) is 0 Å². The number of rotatable bonds is 6. The molecular weight excluding hydrogens is 388 g/mol. The van der Waals surface area contributed by atoms with Gasteiger partial charge in [0.05, 0.1) is 22.1 Å². The average Bonchev–Trinajstić information content (AvgIpc) is 3.00. The van der Waals surface area contributed by atoms with E-state index in [-0.39, 0.29) is 22.8 Å². The predicted octanol–water partition coefficient (Wildman–Crippen LogP) is 2.03. The van der Waals surface area contributed by atoms with Gasteiger partial charge in [0.1, 0.15) is 0 Å². The summed E-state index contributed by atoms with van der Waals surface area (Å²) in [4.78, 5) is 12.3. The summed E-state index contributed by atoms with van der Waals surface area (Å²) in [6.07, 6.45) is 0.375. The van der Waals surface area contributed by atoms with Gasteiger partial charge in [-0.1, -0.05) is 24.3 Å². The number of nitrogens with one attached hydrogen (secondary N) is 1. The van der Waals surface area contributed by atoms with E-state index in [1.165, 1.54) is 16.4 Å². The SMILES string of the molecule is O=C(CCS(=O)(=O)c1ccccc1)Nc1cccc(N2CCCS2(=O)=O)c1. The summed E-state index contributed by atoms with van der Waals surface area (Å²) in [5.74, 6) is -0.639. The molecule has 0 spiro atoms. The zero-order valence-corrected chi connectivity index (χ0v) is 16.2. The molecule has 0 aliphatic carbocycles. The van der Waals surface area contributed by atoms with Crippen molar-refractivity contribution in [2.75, 3.05) is 27.7 Å². The molecule has 144 valence electrons. The molecule has 9 heteroatoms. The number of nitrogens with zero attached hydrogens (tertiary/aromatic N) is 1. The topological polar surface area (TPSA) is 101 Å². The second-order valence-electron chi connectivity index (χ2n) is 6.22. The van der Waals surface area contributed by atoms with Crippen LogP contribution in [-0.4, -0.2) is 40.8 Å². The molecule has 0 bridgehead atoms. The first-order chi connectivity index (χ1) is 12.8. The van der Waals surface area contributed by atoms with Crippen molar-refractivity contribution in [1.82, 2.24) is 0 Å². The molecule has 1 N–H and O–H groups in total. The highest BCUT2D eigenvalue weighted by molar-refractivity contribution is 7.93. The molecule has 1 amide bonds. The molecule has 1 heterocycles. The molecule has 0 radical (unpaired) electrons. The largest absolute Gasteiger partial charge is 0.326 e. The molecular formula is C18H20N2O5S2. The number of benzene rings is 2. The number of sulfonamides is 1. The van der Waals surface area contributed by atoms with Gasteiger partial charge in [0.15, 0.2) is 9.84 Å². The van der Waals surface area contributed by atoms with E-state index < -0.39 is 25.8 Å². The maximum absolute atomic E-state index is 12.2. The Balaban J connectivity index is 1.64. The minimum absolute atomic E-state index is 0.112. The second kappa shape index (κ2) is 7.69. The standard InChI is InChI=1S/C18H20N2O5S2/c21-18(10-13-26(22,23)17-8-2-1-3-9-17)19-15-6-4-7-16(14-15)20-11-5-12-27(20,24)25/h1-4,6-9,14H,5,10-13H2,(H,19,21). The van der Waals surface area contributed by atoms with Crippen LogP contribution in [0.25, 0.3) is 0 Å². The molecule has 27 heavy (non-hydrogen) atoms. The van der Waals surface area contributed by atoms with Crippen LogP contribution in [0.3, 0.4) is 0 Å². The Morgan fingerprint density at radius 2 is 1.81 bits per heavy atom. The molecule has 0 saturated carbocycles. The second-order valence-corrected chi connectivity index (χ2v) is 10.3. The van der Waals surface area contributed by atoms with Crippen LogP contribution in [0.1, 0.15) is 12.8 Å². The van der Waals surface area contributed by atoms with Gasteiger partial charge < -0.3 is 5.32 Å². The Labute approximate surface area is 159 Å². The third kappa shape index (κ3) is 4.67. The van der Waals surface area contributed by atoms with Crippen LogP contribution >= 0.6 is 0 Å². The number of sulfone groups is 1. The lowest BCUT2D eigenvalue weighted by atomic mass is 10.2. The van der Waals surface area contributed by atoms with Crippen LogP contribution in [0, 0.1) is 0 Å². The fourth-order valence-electron chi connectivity index (χ4n) is 2.86. The number of amides is 1. The predicted molar refractivity (Wildman–Crippen MR) is 104 cm³/mol. The first-order valence-electron chi connectivity index (χ1n) is 8.46. The Morgan fingerprint density at radius 3 is 2.48 bits per heavy atom. The van der Waals surface area contributed by atoms with Crippen molar-refractivity contribution in [3.8, 4) is 0 Å². The monoisotopic (exact) mass is 408 g/mol. The molecule has 7 nitrogen and oxygen atoms in total. The molecule has 0 aromatic heterocycles. The first-order valence-corrected chi connectivity index (χ1v) is 11.7. The minimum atomic E-state index is -3.53. The molecule has 0 atom stereocenters. The smallest absolute Gasteiger partial charge is 0.235 e. The number of hydrogen-bond acceptors (Lipinski definition) is 5. The van der Waals surface area contributed by atoms with Crippen LogP contribution < -0.4 is 9.62 Å². The maximum Gasteiger partial charge on any atom is 0.235 e. The van der Waals surface area contributed by atoms with Gasteiger partial charge in [0, 0.05) is 18.7 Å². The Kier molecular flexibility index (Phi) is 5.52. The van der Waals surface area contributed by atoms with Gasteiger partial charge in [-0.25, -0.2) is 16.8 Å². The van der Waals surface area contributed by atoms with Gasteiger partial charge in [-0.2, -0.15) is 0 Å². The molecule has 2 aromatic carbocycles. The van der Waals surface area contributed by atoms with Crippen molar-refractivity contribution in [2.45, 2.75) is 17.7 Å². The van der Waals surface area contributed by atoms with E-state index in [1.54, 1.807) is 42.5 Å². The van der Waals surface area contributed by atoms with Crippen molar-refractivity contribution in [2.24, 2.45) is 0 Å². The molecule has 1 fully saturated rings. The lowest BCUT2D eigenvalue weighted by Crippen LogP contribution is -2.25. The highest BCUT2D eigenvalue weighted by atomic mass is 32.2. The van der Waals surface area contributed by atoms with Gasteiger partial charge >= 0.3 is 0 Å². The molecule has 0 unspecified atom stereocenters. The summed E-state index contributed by atoms with van der Waals surface area (Å²) in [7, 11) is -6.84. The quantitative estimate of drug-likeness (QED) is 0.788. The van der Waals surface area contributed by atoms with Crippen LogP contribution in [0.2, 0.25) is 0 Å². The molecule has 1 aliphatic rings. The highest BCUT2D eigenvalue weighted by Gasteiger charge is 2.28. The van der Waals surface area contributed by atoms with Crippen molar-refractivity contribution in [3.05, 3.63) is 54.6 Å². The van der Waals surface area contributed by atoms with E-state index in [9.17, 15) is 21.6 Å². The highest BCUT2D eigenvalue weighted by Crippen LogP contribution is 2.26. The van der Waals surface area contributed by atoms with Crippen LogP contribution in [0.4, 0.5) is 11.4 Å². The summed E-state index contributed by atoms with van der Waals surface area (Å²) >= 11 is 0. The van der Waals surface area contributed by atoms with Gasteiger partial charge in [0.2, 0.25) is 15.9 Å². The van der Waals surface area contributed by atoms with Crippen molar-refractivity contribution >= 4 is 37.1 Å². The fraction of sp³-hybridized carbons (Fsp3) is 0.278. The van der Waals surface area contributed by atoms with Crippen molar-refractivity contribution < 1.29 is 21.6 Å². The van der Waals surface area contributed by atoms with E-state index in [4.69, 9.17) is 0 Å². The maximum atomic E-state index is 12.2. The number of anilines is 2. The Morgan fingerprint density at radius 1 is 1.07 bits per heavy atom. The summed E-state index contributed by atoms with van der Waals surface area (Å²) in [5.41, 5.74) is 0.916. The molecule has 3 rings (SSSR count). The number of carbonyl (C=O) groups excluding carboxylic acids is 1. The van der Waals surface area contributed by atoms with E-state index in [2.05, 4.69) is 5.32 Å². The first kappa shape index (κ1) is 19.4. The fourth-order valence-corrected chi connectivity index (χ4v) is 5.68. The van der Waals surface area contributed by atoms with E-state index >= 15 is 0 Å². The lowest BCUT2D eigenvalue weighted by Gasteiger charge is -2.17. The zero-order valence-electron chi connectivity index (χ0n) is 14.5. The third-order valence-electron chi connectivity index (χ3n) is 4.22. The van der Waals surface area contributed by atoms with Crippen LogP contribution in [0.5, 0.6) is 0 Å². The number of hydrogen-bond donors (Lipinski definition) is 1. The third-order valence-corrected chi connectivity index (χ3v) is 7.82. The van der Waals surface area contributed by atoms with Crippen LogP contribution in [0.15, 0.2) is 59.5 Å². The average molecular weight is 409 g/mol. The zero-order chi connectivity index (χ0) is 19.5. The van der Waals surface area contributed by atoms with Gasteiger partial charge in [-0.3, -0.25) is 9.10 Å². The van der Waals surface area contributed by atoms with E-state index in [0.717, 1.165) is 0 Å². The summed E-state index contributed by atoms with van der Waals surface area (Å²) < 4.78 is 49.8. The lowest BCUT2D eigenvalue weighted by molar-refractivity contribution is -0.115.